The summed E-state index contributed by atoms with van der Waals surface area (Å²) in [5.74, 6) is 0.699. The van der Waals surface area contributed by atoms with Gasteiger partial charge in [0.1, 0.15) is 0 Å². The summed E-state index contributed by atoms with van der Waals surface area (Å²) in [4.78, 5) is 18.4. The molecule has 0 aliphatic carbocycles. The zero-order chi connectivity index (χ0) is 10.9. The van der Waals surface area contributed by atoms with Gasteiger partial charge in [0.05, 0.1) is 0 Å². The van der Waals surface area contributed by atoms with E-state index in [-0.39, 0.29) is 0 Å². The van der Waals surface area contributed by atoms with Crippen LogP contribution >= 0.6 is 0 Å². The van der Waals surface area contributed by atoms with Crippen molar-refractivity contribution in [2.75, 3.05) is 0 Å². The molecular formula is C8H14O5. The monoisotopic (exact) mass is 190 g/mol. The van der Waals surface area contributed by atoms with Gasteiger partial charge in [-0.3, -0.25) is 0 Å². The highest BCUT2D eigenvalue weighted by molar-refractivity contribution is 5.74. The highest BCUT2D eigenvalue weighted by Gasteiger charge is 2.01. The van der Waals surface area contributed by atoms with Gasteiger partial charge in [0, 0.05) is 0 Å². The van der Waals surface area contributed by atoms with E-state index in [0.717, 1.165) is 0 Å². The highest BCUT2D eigenvalue weighted by Crippen LogP contribution is 1.98. The summed E-state index contributed by atoms with van der Waals surface area (Å²) in [6.45, 7) is 7.95. The molecule has 0 bridgehead atoms. The van der Waals surface area contributed by atoms with Crippen molar-refractivity contribution in [2.24, 2.45) is 5.92 Å². The molecule has 0 aromatic rings. The van der Waals surface area contributed by atoms with Crippen LogP contribution in [0.4, 0.5) is 9.59 Å². The summed E-state index contributed by atoms with van der Waals surface area (Å²) in [5.41, 5.74) is 0. The molecule has 0 heterocycles. The standard InChI is InChI=1S/C6H12.C2H2O5/c1-4-6(3)5-2;3-1(4)7-2(5)6/h4,6H,1,5H2,2-3H3;(H,3,4)(H,5,6). The van der Waals surface area contributed by atoms with E-state index in [4.69, 9.17) is 10.2 Å². The fraction of sp³-hybridized carbons (Fsp3) is 0.500. The Hall–Kier alpha value is -1.52. The van der Waals surface area contributed by atoms with Gasteiger partial charge < -0.3 is 14.9 Å². The topological polar surface area (TPSA) is 83.8 Å². The molecule has 0 rings (SSSR count). The first-order valence-electron chi connectivity index (χ1n) is 3.70. The zero-order valence-electron chi connectivity index (χ0n) is 7.69. The maximum atomic E-state index is 9.21. The molecule has 0 aliphatic rings. The van der Waals surface area contributed by atoms with Crippen molar-refractivity contribution in [3.05, 3.63) is 12.7 Å². The number of hydrogen-bond donors (Lipinski definition) is 2. The Bertz CT molecular complexity index is 163. The molecule has 0 aromatic carbocycles. The molecule has 0 fully saturated rings. The molecule has 5 nitrogen and oxygen atoms in total. The van der Waals surface area contributed by atoms with Gasteiger partial charge in [0.25, 0.3) is 0 Å². The summed E-state index contributed by atoms with van der Waals surface area (Å²) < 4.78 is 3.08. The van der Waals surface area contributed by atoms with Gasteiger partial charge in [0.15, 0.2) is 0 Å². The third-order valence-corrected chi connectivity index (χ3v) is 1.22. The largest absolute Gasteiger partial charge is 0.516 e. The van der Waals surface area contributed by atoms with E-state index in [0.29, 0.717) is 5.92 Å². The zero-order valence-corrected chi connectivity index (χ0v) is 7.69. The fourth-order valence-corrected chi connectivity index (χ4v) is 0.241. The molecule has 2 N–H and O–H groups in total. The van der Waals surface area contributed by atoms with Gasteiger partial charge in [-0.25, -0.2) is 9.59 Å². The fourth-order valence-electron chi connectivity index (χ4n) is 0.241. The van der Waals surface area contributed by atoms with Crippen molar-refractivity contribution in [3.63, 3.8) is 0 Å². The van der Waals surface area contributed by atoms with E-state index in [1.807, 2.05) is 6.08 Å². The molecule has 1 unspecified atom stereocenters. The maximum Gasteiger partial charge on any atom is 0.516 e. The summed E-state index contributed by atoms with van der Waals surface area (Å²) in [5, 5.41) is 15.0. The second kappa shape index (κ2) is 8.58. The van der Waals surface area contributed by atoms with Gasteiger partial charge in [-0.15, -0.1) is 6.58 Å². The van der Waals surface area contributed by atoms with Gasteiger partial charge in [-0.1, -0.05) is 26.3 Å². The van der Waals surface area contributed by atoms with Crippen molar-refractivity contribution >= 4 is 12.3 Å². The second-order valence-electron chi connectivity index (χ2n) is 2.26. The third kappa shape index (κ3) is 17.9. The van der Waals surface area contributed by atoms with E-state index in [1.165, 1.54) is 6.42 Å². The van der Waals surface area contributed by atoms with Crippen LogP contribution in [0.2, 0.25) is 0 Å². The van der Waals surface area contributed by atoms with Crippen LogP contribution in [0.3, 0.4) is 0 Å². The smallest absolute Gasteiger partial charge is 0.449 e. The number of carboxylic acid groups (broad SMARTS) is 2. The van der Waals surface area contributed by atoms with E-state index in [1.54, 1.807) is 0 Å². The second-order valence-corrected chi connectivity index (χ2v) is 2.26. The molecule has 5 heteroatoms. The lowest BCUT2D eigenvalue weighted by molar-refractivity contribution is 0.0802. The lowest BCUT2D eigenvalue weighted by atomic mass is 10.1. The molecule has 0 saturated carbocycles. The van der Waals surface area contributed by atoms with Gasteiger partial charge >= 0.3 is 12.3 Å². The lowest BCUT2D eigenvalue weighted by Crippen LogP contribution is -2.05. The van der Waals surface area contributed by atoms with Crippen LogP contribution in [-0.2, 0) is 4.74 Å². The average Bonchev–Trinajstić information content (AvgIpc) is 2.01. The van der Waals surface area contributed by atoms with Crippen molar-refractivity contribution < 1.29 is 24.5 Å². The predicted molar refractivity (Wildman–Crippen MR) is 46.8 cm³/mol. The SMILES string of the molecule is C=CC(C)CC.O=C(O)OC(=O)O. The minimum Gasteiger partial charge on any atom is -0.449 e. The molecular weight excluding hydrogens is 176 g/mol. The van der Waals surface area contributed by atoms with Crippen LogP contribution in [0.5, 0.6) is 0 Å². The minimum absolute atomic E-state index is 0.699. The molecule has 0 radical (unpaired) electrons. The van der Waals surface area contributed by atoms with Crippen LogP contribution in [0.25, 0.3) is 0 Å². The normalized spacial score (nSPS) is 10.3. The molecule has 13 heavy (non-hydrogen) atoms. The number of rotatable bonds is 2. The van der Waals surface area contributed by atoms with Crippen molar-refractivity contribution in [2.45, 2.75) is 20.3 Å². The molecule has 76 valence electrons. The Morgan fingerprint density at radius 3 is 1.85 bits per heavy atom. The first-order chi connectivity index (χ1) is 5.93. The van der Waals surface area contributed by atoms with Crippen LogP contribution in [0.15, 0.2) is 12.7 Å². The molecule has 0 aromatic heterocycles. The Kier molecular flexibility index (Phi) is 9.25. The Morgan fingerprint density at radius 1 is 1.46 bits per heavy atom. The number of carbonyl (C=O) groups is 2. The maximum absolute atomic E-state index is 9.21. The van der Waals surface area contributed by atoms with E-state index in [2.05, 4.69) is 25.2 Å². The van der Waals surface area contributed by atoms with Gasteiger partial charge in [0.2, 0.25) is 0 Å². The number of ether oxygens (including phenoxy) is 1. The van der Waals surface area contributed by atoms with Crippen molar-refractivity contribution in [3.8, 4) is 0 Å². The van der Waals surface area contributed by atoms with Crippen LogP contribution in [0, 0.1) is 5.92 Å². The molecule has 1 atom stereocenters. The van der Waals surface area contributed by atoms with Crippen LogP contribution in [-0.4, -0.2) is 22.5 Å². The first-order valence-corrected chi connectivity index (χ1v) is 3.70. The van der Waals surface area contributed by atoms with Crippen molar-refractivity contribution in [1.29, 1.82) is 0 Å². The van der Waals surface area contributed by atoms with E-state index >= 15 is 0 Å². The van der Waals surface area contributed by atoms with E-state index < -0.39 is 12.3 Å². The summed E-state index contributed by atoms with van der Waals surface area (Å²) in [6, 6.07) is 0. The summed E-state index contributed by atoms with van der Waals surface area (Å²) >= 11 is 0. The first kappa shape index (κ1) is 14.0. The summed E-state index contributed by atoms with van der Waals surface area (Å²) in [6.07, 6.45) is -0.441. The lowest BCUT2D eigenvalue weighted by Gasteiger charge is -1.93. The number of allylic oxidation sites excluding steroid dienone is 1. The average molecular weight is 190 g/mol. The molecule has 0 spiro atoms. The molecule has 0 saturated heterocycles. The minimum atomic E-state index is -1.81. The van der Waals surface area contributed by atoms with E-state index in [9.17, 15) is 9.59 Å². The third-order valence-electron chi connectivity index (χ3n) is 1.22. The van der Waals surface area contributed by atoms with Crippen LogP contribution < -0.4 is 0 Å². The van der Waals surface area contributed by atoms with Gasteiger partial charge in [-0.2, -0.15) is 0 Å². The quantitative estimate of drug-likeness (QED) is 0.397. The van der Waals surface area contributed by atoms with Crippen molar-refractivity contribution in [1.82, 2.24) is 0 Å². The predicted octanol–water partition coefficient (Wildman–Crippen LogP) is 2.58. The Balaban J connectivity index is 0. The Labute approximate surface area is 76.6 Å². The molecule has 0 aliphatic heterocycles. The van der Waals surface area contributed by atoms with Crippen LogP contribution in [0.1, 0.15) is 20.3 Å². The highest BCUT2D eigenvalue weighted by atomic mass is 16.7. The van der Waals surface area contributed by atoms with Gasteiger partial charge in [-0.05, 0) is 5.92 Å². The number of hydrogen-bond acceptors (Lipinski definition) is 3. The molecule has 0 amide bonds. The summed E-state index contributed by atoms with van der Waals surface area (Å²) in [7, 11) is 0. The Morgan fingerprint density at radius 2 is 1.85 bits per heavy atom.